The Morgan fingerprint density at radius 1 is 0.972 bits per heavy atom. The van der Waals surface area contributed by atoms with Crippen molar-refractivity contribution in [2.45, 2.75) is 19.0 Å². The predicted molar refractivity (Wildman–Crippen MR) is 124 cm³/mol. The van der Waals surface area contributed by atoms with Gasteiger partial charge in [-0.15, -0.1) is 0 Å². The predicted octanol–water partition coefficient (Wildman–Crippen LogP) is 5.52. The van der Waals surface area contributed by atoms with Crippen LogP contribution in [0.3, 0.4) is 0 Å². The molecule has 0 aliphatic carbocycles. The lowest BCUT2D eigenvalue weighted by molar-refractivity contribution is -0.143. The van der Waals surface area contributed by atoms with Gasteiger partial charge in [-0.3, -0.25) is 4.79 Å². The highest BCUT2D eigenvalue weighted by Gasteiger charge is 2.38. The Morgan fingerprint density at radius 3 is 2.25 bits per heavy atom. The van der Waals surface area contributed by atoms with Crippen LogP contribution in [0.15, 0.2) is 52.4 Å². The maximum atomic E-state index is 13.3. The number of piperazine rings is 1. The average molecular weight is 530 g/mol. The molecule has 192 valence electrons. The second kappa shape index (κ2) is 10.2. The van der Waals surface area contributed by atoms with E-state index >= 15 is 0 Å². The van der Waals surface area contributed by atoms with Crippen LogP contribution in [0, 0.1) is 0 Å². The molecule has 12 heteroatoms. The van der Waals surface area contributed by atoms with Gasteiger partial charge in [0.2, 0.25) is 0 Å². The molecule has 2 aromatic rings. The summed E-state index contributed by atoms with van der Waals surface area (Å²) in [6.45, 7) is 2.76. The normalized spacial score (nSPS) is 18.6. The van der Waals surface area contributed by atoms with Gasteiger partial charge >= 0.3 is 12.4 Å². The zero-order valence-corrected chi connectivity index (χ0v) is 19.8. The zero-order chi connectivity index (χ0) is 26.1. The van der Waals surface area contributed by atoms with E-state index in [0.29, 0.717) is 21.7 Å². The SMILES string of the molecule is CN1CCN(C2=NC(=O)C(=Cc3ccc(OCc4ccc(C(F)(F)F)cc4C(F)(F)F)cc3)S2)CC1. The molecule has 1 saturated heterocycles. The molecule has 0 radical (unpaired) electrons. The monoisotopic (exact) mass is 529 g/mol. The molecule has 2 aliphatic heterocycles. The molecule has 0 atom stereocenters. The maximum absolute atomic E-state index is 13.3. The van der Waals surface area contributed by atoms with Crippen LogP contribution < -0.4 is 4.74 Å². The van der Waals surface area contributed by atoms with Crippen LogP contribution in [0.1, 0.15) is 22.3 Å². The summed E-state index contributed by atoms with van der Waals surface area (Å²) in [5, 5.41) is 0.663. The third-order valence-electron chi connectivity index (χ3n) is 5.70. The lowest BCUT2D eigenvalue weighted by atomic mass is 10.0. The molecule has 5 nitrogen and oxygen atoms in total. The molecule has 2 heterocycles. The minimum Gasteiger partial charge on any atom is -0.489 e. The van der Waals surface area contributed by atoms with Crippen LogP contribution in [0.25, 0.3) is 6.08 Å². The Kier molecular flexibility index (Phi) is 7.37. The molecule has 1 fully saturated rings. The molecule has 2 aromatic carbocycles. The summed E-state index contributed by atoms with van der Waals surface area (Å²) in [7, 11) is 2.03. The second-order valence-corrected chi connectivity index (χ2v) is 9.33. The number of amides is 1. The highest BCUT2D eigenvalue weighted by Crippen LogP contribution is 2.38. The van der Waals surface area contributed by atoms with Crippen LogP contribution in [-0.2, 0) is 23.8 Å². The Morgan fingerprint density at radius 2 is 1.64 bits per heavy atom. The highest BCUT2D eigenvalue weighted by atomic mass is 32.2. The number of thioether (sulfide) groups is 1. The number of alkyl halides is 6. The topological polar surface area (TPSA) is 45.1 Å². The number of hydrogen-bond donors (Lipinski definition) is 0. The number of hydrogen-bond acceptors (Lipinski definition) is 5. The lowest BCUT2D eigenvalue weighted by Gasteiger charge is -2.32. The third-order valence-corrected chi connectivity index (χ3v) is 6.74. The Balaban J connectivity index is 1.41. The summed E-state index contributed by atoms with van der Waals surface area (Å²) in [5.74, 6) is -0.110. The molecule has 0 bridgehead atoms. The van der Waals surface area contributed by atoms with E-state index in [9.17, 15) is 31.1 Å². The quantitative estimate of drug-likeness (QED) is 0.386. The number of carbonyl (C=O) groups excluding carboxylic acids is 1. The number of carbonyl (C=O) groups is 1. The van der Waals surface area contributed by atoms with E-state index in [2.05, 4.69) is 14.8 Å². The van der Waals surface area contributed by atoms with Crippen LogP contribution in [0.4, 0.5) is 26.3 Å². The number of amidine groups is 1. The van der Waals surface area contributed by atoms with E-state index in [0.717, 1.165) is 32.2 Å². The first kappa shape index (κ1) is 26.1. The van der Waals surface area contributed by atoms with E-state index in [-0.39, 0.29) is 17.7 Å². The van der Waals surface area contributed by atoms with Gasteiger partial charge in [0.1, 0.15) is 12.4 Å². The Hall–Kier alpha value is -2.99. The second-order valence-electron chi connectivity index (χ2n) is 8.33. The lowest BCUT2D eigenvalue weighted by Crippen LogP contribution is -2.46. The molecular formula is C24H21F6N3O2S. The molecule has 0 spiro atoms. The molecule has 0 aromatic heterocycles. The van der Waals surface area contributed by atoms with Crippen LogP contribution >= 0.6 is 11.8 Å². The van der Waals surface area contributed by atoms with Crippen molar-refractivity contribution >= 4 is 28.9 Å². The fraction of sp³-hybridized carbons (Fsp3) is 0.333. The molecule has 2 aliphatic rings. The largest absolute Gasteiger partial charge is 0.489 e. The van der Waals surface area contributed by atoms with Gasteiger partial charge in [-0.2, -0.15) is 31.3 Å². The molecule has 0 unspecified atom stereocenters. The van der Waals surface area contributed by atoms with E-state index in [4.69, 9.17) is 4.74 Å². The number of rotatable bonds is 4. The van der Waals surface area contributed by atoms with Crippen LogP contribution in [0.5, 0.6) is 5.75 Å². The summed E-state index contributed by atoms with van der Waals surface area (Å²) >= 11 is 1.29. The summed E-state index contributed by atoms with van der Waals surface area (Å²) < 4.78 is 83.8. The minimum absolute atomic E-state index is 0.0860. The standard InChI is InChI=1S/C24H21F6N3O2S/c1-32-8-10-33(11-9-32)22-31-21(34)20(36-22)12-15-2-6-18(7-3-15)35-14-16-4-5-17(23(25,26)27)13-19(16)24(28,29)30/h2-7,12-13H,8-11,14H2,1H3. The fourth-order valence-electron chi connectivity index (χ4n) is 3.65. The molecule has 0 N–H and O–H groups in total. The number of aliphatic imine (C=N–C) groups is 1. The smallest absolute Gasteiger partial charge is 0.416 e. The van der Waals surface area contributed by atoms with Crippen molar-refractivity contribution in [2.24, 2.45) is 4.99 Å². The molecule has 0 saturated carbocycles. The van der Waals surface area contributed by atoms with Crippen molar-refractivity contribution in [1.82, 2.24) is 9.80 Å². The number of halogens is 6. The van der Waals surface area contributed by atoms with E-state index in [1.165, 1.54) is 23.9 Å². The van der Waals surface area contributed by atoms with Crippen molar-refractivity contribution in [3.05, 3.63) is 69.6 Å². The van der Waals surface area contributed by atoms with Crippen LogP contribution in [0.2, 0.25) is 0 Å². The number of nitrogens with zero attached hydrogens (tertiary/aromatic N) is 3. The number of ether oxygens (including phenoxy) is 1. The number of benzene rings is 2. The van der Waals surface area contributed by atoms with Crippen molar-refractivity contribution in [1.29, 1.82) is 0 Å². The van der Waals surface area contributed by atoms with Gasteiger partial charge < -0.3 is 14.5 Å². The number of likely N-dealkylation sites (N-methyl/N-ethyl adjacent to an activating group) is 1. The summed E-state index contributed by atoms with van der Waals surface area (Å²) in [4.78, 5) is 21.2. The summed E-state index contributed by atoms with van der Waals surface area (Å²) in [6.07, 6.45) is -8.19. The summed E-state index contributed by atoms with van der Waals surface area (Å²) in [5.41, 5.74) is -2.52. The minimum atomic E-state index is -4.97. The van der Waals surface area contributed by atoms with Crippen molar-refractivity contribution in [3.63, 3.8) is 0 Å². The highest BCUT2D eigenvalue weighted by molar-refractivity contribution is 8.18. The van der Waals surface area contributed by atoms with Gasteiger partial charge in [-0.1, -0.05) is 18.2 Å². The Labute approximate surface area is 207 Å². The van der Waals surface area contributed by atoms with E-state index in [1.54, 1.807) is 18.2 Å². The van der Waals surface area contributed by atoms with Crippen molar-refractivity contribution in [2.75, 3.05) is 33.2 Å². The first-order valence-electron chi connectivity index (χ1n) is 10.9. The van der Waals surface area contributed by atoms with Gasteiger partial charge in [0.15, 0.2) is 5.17 Å². The molecule has 1 amide bonds. The van der Waals surface area contributed by atoms with E-state index in [1.807, 2.05) is 7.05 Å². The van der Waals surface area contributed by atoms with E-state index < -0.39 is 35.6 Å². The van der Waals surface area contributed by atoms with Gasteiger partial charge in [0.25, 0.3) is 5.91 Å². The molecular weight excluding hydrogens is 508 g/mol. The Bertz CT molecular complexity index is 1180. The first-order chi connectivity index (χ1) is 16.9. The third kappa shape index (κ3) is 6.22. The van der Waals surface area contributed by atoms with Gasteiger partial charge in [-0.05, 0) is 54.7 Å². The fourth-order valence-corrected chi connectivity index (χ4v) is 4.61. The van der Waals surface area contributed by atoms with Gasteiger partial charge in [0, 0.05) is 31.7 Å². The van der Waals surface area contributed by atoms with Gasteiger partial charge in [0.05, 0.1) is 16.0 Å². The average Bonchev–Trinajstić information content (AvgIpc) is 3.17. The van der Waals surface area contributed by atoms with Crippen LogP contribution in [-0.4, -0.2) is 54.1 Å². The summed E-state index contributed by atoms with van der Waals surface area (Å²) in [6, 6.07) is 7.72. The molecule has 4 rings (SSSR count). The maximum Gasteiger partial charge on any atom is 0.416 e. The van der Waals surface area contributed by atoms with Gasteiger partial charge in [-0.25, -0.2) is 0 Å². The van der Waals surface area contributed by atoms with Crippen molar-refractivity contribution in [3.8, 4) is 5.75 Å². The zero-order valence-electron chi connectivity index (χ0n) is 19.0. The first-order valence-corrected chi connectivity index (χ1v) is 11.7. The molecule has 36 heavy (non-hydrogen) atoms. The van der Waals surface area contributed by atoms with Crippen molar-refractivity contribution < 1.29 is 35.9 Å².